The minimum absolute atomic E-state index is 0.00176. The molecule has 0 aliphatic carbocycles. The average Bonchev–Trinajstić information content (AvgIpc) is 3.04. The summed E-state index contributed by atoms with van der Waals surface area (Å²) in [6.07, 6.45) is 4.08. The normalized spacial score (nSPS) is 17.8. The number of carbonyl (C=O) groups is 1. The van der Waals surface area contributed by atoms with E-state index in [-0.39, 0.29) is 11.9 Å². The molecule has 0 spiro atoms. The minimum atomic E-state index is -0.220. The molecule has 106 valence electrons. The lowest BCUT2D eigenvalue weighted by Gasteiger charge is -2.22. The van der Waals surface area contributed by atoms with Crippen molar-refractivity contribution >= 4 is 5.91 Å². The first-order chi connectivity index (χ1) is 9.65. The highest BCUT2D eigenvalue weighted by atomic mass is 16.2. The largest absolute Gasteiger partial charge is 0.351 e. The number of H-pyrrole nitrogens is 1. The Morgan fingerprint density at radius 2 is 2.45 bits per heavy atom. The number of fused-ring (bicyclic) bond motifs is 1. The first-order valence-corrected chi connectivity index (χ1v) is 6.65. The summed E-state index contributed by atoms with van der Waals surface area (Å²) >= 11 is 0. The predicted octanol–water partition coefficient (Wildman–Crippen LogP) is -0.218. The van der Waals surface area contributed by atoms with Crippen LogP contribution in [-0.4, -0.2) is 31.7 Å². The smallest absolute Gasteiger partial charge is 0.237 e. The van der Waals surface area contributed by atoms with Crippen molar-refractivity contribution in [1.82, 2.24) is 30.4 Å². The van der Waals surface area contributed by atoms with E-state index in [1.165, 1.54) is 0 Å². The number of hydrogen-bond donors (Lipinski definition) is 3. The maximum absolute atomic E-state index is 12.2. The molecule has 0 saturated carbocycles. The highest BCUT2D eigenvalue weighted by Gasteiger charge is 2.25. The molecule has 7 heteroatoms. The van der Waals surface area contributed by atoms with Gasteiger partial charge in [0.15, 0.2) is 0 Å². The average molecular weight is 274 g/mol. The Hall–Kier alpha value is -2.15. The van der Waals surface area contributed by atoms with Crippen molar-refractivity contribution in [3.05, 3.63) is 35.2 Å². The summed E-state index contributed by atoms with van der Waals surface area (Å²) < 4.78 is 1.80. The van der Waals surface area contributed by atoms with Gasteiger partial charge in [0, 0.05) is 37.8 Å². The molecule has 2 aromatic rings. The van der Waals surface area contributed by atoms with Crippen molar-refractivity contribution in [3.63, 3.8) is 0 Å². The number of aromatic nitrogens is 4. The highest BCUT2D eigenvalue weighted by Crippen LogP contribution is 2.12. The first kappa shape index (κ1) is 12.9. The van der Waals surface area contributed by atoms with Crippen LogP contribution in [0.1, 0.15) is 22.6 Å². The molecule has 0 aromatic carbocycles. The maximum atomic E-state index is 12.2. The quantitative estimate of drug-likeness (QED) is 0.722. The van der Waals surface area contributed by atoms with Gasteiger partial charge in [0.25, 0.3) is 0 Å². The van der Waals surface area contributed by atoms with E-state index in [9.17, 15) is 4.79 Å². The minimum Gasteiger partial charge on any atom is -0.351 e. The van der Waals surface area contributed by atoms with Crippen molar-refractivity contribution in [2.24, 2.45) is 7.05 Å². The van der Waals surface area contributed by atoms with E-state index >= 15 is 0 Å². The van der Waals surface area contributed by atoms with Gasteiger partial charge in [-0.15, -0.1) is 0 Å². The fourth-order valence-corrected chi connectivity index (χ4v) is 2.38. The van der Waals surface area contributed by atoms with E-state index in [2.05, 4.69) is 25.7 Å². The fraction of sp³-hybridized carbons (Fsp3) is 0.462. The zero-order chi connectivity index (χ0) is 14.1. The van der Waals surface area contributed by atoms with E-state index < -0.39 is 0 Å². The number of nitrogens with zero attached hydrogens (tertiary/aromatic N) is 3. The summed E-state index contributed by atoms with van der Waals surface area (Å²) in [5.74, 6) is 0.00176. The topological polar surface area (TPSA) is 87.6 Å². The van der Waals surface area contributed by atoms with Gasteiger partial charge in [0.1, 0.15) is 0 Å². The lowest BCUT2D eigenvalue weighted by atomic mass is 10.0. The van der Waals surface area contributed by atoms with Crippen molar-refractivity contribution in [2.45, 2.75) is 32.5 Å². The molecule has 1 aliphatic rings. The Morgan fingerprint density at radius 1 is 1.60 bits per heavy atom. The van der Waals surface area contributed by atoms with Crippen LogP contribution >= 0.6 is 0 Å². The molecular formula is C13H18N6O. The Morgan fingerprint density at radius 3 is 3.20 bits per heavy atom. The summed E-state index contributed by atoms with van der Waals surface area (Å²) in [6.45, 7) is 3.15. The standard InChI is InChI=1S/C13H18N6O/c1-8-9(5-18-19(8)2)4-15-13(20)11-3-10-12(6-14-11)17-7-16-10/h5,7,11,14H,3-4,6H2,1-2H3,(H,15,20)(H,16,17). The van der Waals surface area contributed by atoms with Gasteiger partial charge in [0.05, 0.1) is 30.0 Å². The van der Waals surface area contributed by atoms with Gasteiger partial charge in [-0.1, -0.05) is 0 Å². The van der Waals surface area contributed by atoms with Crippen LogP contribution in [0.4, 0.5) is 0 Å². The predicted molar refractivity (Wildman–Crippen MR) is 72.7 cm³/mol. The summed E-state index contributed by atoms with van der Waals surface area (Å²) in [5.41, 5.74) is 4.15. The van der Waals surface area contributed by atoms with Crippen molar-refractivity contribution in [1.29, 1.82) is 0 Å². The van der Waals surface area contributed by atoms with E-state index in [0.717, 1.165) is 22.6 Å². The van der Waals surface area contributed by atoms with Gasteiger partial charge in [-0.05, 0) is 6.92 Å². The molecule has 3 N–H and O–H groups in total. The molecule has 1 unspecified atom stereocenters. The molecular weight excluding hydrogens is 256 g/mol. The second-order valence-electron chi connectivity index (χ2n) is 5.06. The summed E-state index contributed by atoms with van der Waals surface area (Å²) in [4.78, 5) is 19.5. The SMILES string of the molecule is Cc1c(CNC(=O)C2Cc3nc[nH]c3CN2)cnn1C. The Kier molecular flexibility index (Phi) is 3.27. The van der Waals surface area contributed by atoms with Gasteiger partial charge < -0.3 is 10.3 Å². The van der Waals surface area contributed by atoms with Crippen LogP contribution in [0.25, 0.3) is 0 Å². The van der Waals surface area contributed by atoms with Crippen LogP contribution in [0.5, 0.6) is 0 Å². The van der Waals surface area contributed by atoms with Gasteiger partial charge in [-0.2, -0.15) is 5.10 Å². The molecule has 0 fully saturated rings. The van der Waals surface area contributed by atoms with Gasteiger partial charge in [-0.25, -0.2) is 4.98 Å². The highest BCUT2D eigenvalue weighted by molar-refractivity contribution is 5.82. The summed E-state index contributed by atoms with van der Waals surface area (Å²) in [6, 6.07) is -0.220. The Labute approximate surface area is 116 Å². The first-order valence-electron chi connectivity index (χ1n) is 6.65. The number of carbonyl (C=O) groups excluding carboxylic acids is 1. The number of imidazole rings is 1. The zero-order valence-electron chi connectivity index (χ0n) is 11.6. The third-order valence-electron chi connectivity index (χ3n) is 3.84. The number of aromatic amines is 1. The maximum Gasteiger partial charge on any atom is 0.237 e. The van der Waals surface area contributed by atoms with Crippen LogP contribution in [0.15, 0.2) is 12.5 Å². The monoisotopic (exact) mass is 274 g/mol. The van der Waals surface area contributed by atoms with Gasteiger partial charge in [-0.3, -0.25) is 14.8 Å². The van der Waals surface area contributed by atoms with Crippen molar-refractivity contribution < 1.29 is 4.79 Å². The second-order valence-corrected chi connectivity index (χ2v) is 5.06. The van der Waals surface area contributed by atoms with Crippen molar-refractivity contribution in [2.75, 3.05) is 0 Å². The van der Waals surface area contributed by atoms with Crippen LogP contribution in [0.3, 0.4) is 0 Å². The summed E-state index contributed by atoms with van der Waals surface area (Å²) in [7, 11) is 1.89. The molecule has 7 nitrogen and oxygen atoms in total. The lowest BCUT2D eigenvalue weighted by Crippen LogP contribution is -2.47. The molecule has 1 aliphatic heterocycles. The number of amides is 1. The van der Waals surface area contributed by atoms with Crippen LogP contribution < -0.4 is 10.6 Å². The molecule has 3 heterocycles. The van der Waals surface area contributed by atoms with E-state index in [4.69, 9.17) is 0 Å². The van der Waals surface area contributed by atoms with Gasteiger partial charge in [0.2, 0.25) is 5.91 Å². The number of nitrogens with one attached hydrogen (secondary N) is 3. The molecule has 2 aromatic heterocycles. The third-order valence-corrected chi connectivity index (χ3v) is 3.84. The van der Waals surface area contributed by atoms with Gasteiger partial charge >= 0.3 is 0 Å². The van der Waals surface area contributed by atoms with E-state index in [0.29, 0.717) is 19.5 Å². The third kappa shape index (κ3) is 2.32. The summed E-state index contributed by atoms with van der Waals surface area (Å²) in [5, 5.41) is 10.3. The molecule has 1 atom stereocenters. The fourth-order valence-electron chi connectivity index (χ4n) is 2.38. The lowest BCUT2D eigenvalue weighted by molar-refractivity contribution is -0.123. The van der Waals surface area contributed by atoms with Crippen LogP contribution in [0, 0.1) is 6.92 Å². The molecule has 20 heavy (non-hydrogen) atoms. The number of rotatable bonds is 3. The van der Waals surface area contributed by atoms with Crippen molar-refractivity contribution in [3.8, 4) is 0 Å². The molecule has 0 bridgehead atoms. The van der Waals surface area contributed by atoms with E-state index in [1.54, 1.807) is 17.2 Å². The molecule has 0 radical (unpaired) electrons. The van der Waals surface area contributed by atoms with E-state index in [1.807, 2.05) is 14.0 Å². The van der Waals surface area contributed by atoms with Crippen LogP contribution in [0.2, 0.25) is 0 Å². The number of aryl methyl sites for hydroxylation is 1. The Bertz CT molecular complexity index is 629. The number of hydrogen-bond acceptors (Lipinski definition) is 4. The zero-order valence-corrected chi connectivity index (χ0v) is 11.6. The molecule has 3 rings (SSSR count). The molecule has 0 saturated heterocycles. The Balaban J connectivity index is 1.59. The van der Waals surface area contributed by atoms with Crippen LogP contribution in [-0.2, 0) is 31.4 Å². The second kappa shape index (κ2) is 5.09. The molecule has 1 amide bonds.